The molecular weight excluding hydrogens is 503 g/mol. The van der Waals surface area contributed by atoms with Gasteiger partial charge in [0.05, 0.1) is 11.6 Å². The van der Waals surface area contributed by atoms with Gasteiger partial charge in [-0.1, -0.05) is 0 Å². The molecule has 0 unspecified atom stereocenters. The molecule has 1 aliphatic carbocycles. The zero-order valence-corrected chi connectivity index (χ0v) is 19.9. The van der Waals surface area contributed by atoms with Gasteiger partial charge in [0.2, 0.25) is 15.3 Å². The third-order valence-corrected chi connectivity index (χ3v) is 9.42. The number of aromatic nitrogens is 4. The second-order valence-corrected chi connectivity index (χ2v) is 12.7. The van der Waals surface area contributed by atoms with Crippen molar-refractivity contribution < 1.29 is 37.7 Å². The number of hydrogen-bond acceptors (Lipinski definition) is 10. The quantitative estimate of drug-likeness (QED) is 0.204. The van der Waals surface area contributed by atoms with E-state index in [1.54, 1.807) is 0 Å². The van der Waals surface area contributed by atoms with Gasteiger partial charge in [-0.15, -0.1) is 0 Å². The predicted octanol–water partition coefficient (Wildman–Crippen LogP) is -0.682. The number of anilines is 1. The summed E-state index contributed by atoms with van der Waals surface area (Å²) in [6.45, 7) is 0.257. The molecule has 4 rings (SSSR count). The number of nitrogens with zero attached hydrogens (tertiary/aromatic N) is 5. The molecule has 33 heavy (non-hydrogen) atoms. The maximum absolute atomic E-state index is 12.2. The van der Waals surface area contributed by atoms with Crippen LogP contribution in [0.25, 0.3) is 11.0 Å². The number of aliphatic hydroxyl groups is 2. The van der Waals surface area contributed by atoms with E-state index >= 15 is 0 Å². The first-order chi connectivity index (χ1) is 15.4. The van der Waals surface area contributed by atoms with Gasteiger partial charge in [0.15, 0.2) is 17.4 Å². The van der Waals surface area contributed by atoms with Gasteiger partial charge >= 0.3 is 7.60 Å². The molecule has 5 N–H and O–H groups in total. The number of fused-ring (bicyclic) bond motifs is 1. The lowest BCUT2D eigenvalue weighted by atomic mass is 10.1. The summed E-state index contributed by atoms with van der Waals surface area (Å²) < 4.78 is 43.0. The number of ether oxygens (including phenoxy) is 1. The van der Waals surface area contributed by atoms with Crippen LogP contribution in [0.1, 0.15) is 19.1 Å². The topological polar surface area (TPSA) is 200 Å². The summed E-state index contributed by atoms with van der Waals surface area (Å²) in [4.78, 5) is 26.3. The minimum absolute atomic E-state index is 0.0598. The van der Waals surface area contributed by atoms with Crippen LogP contribution in [0.3, 0.4) is 0 Å². The molecule has 3 heterocycles. The number of nitrogens with one attached hydrogen (secondary N) is 1. The molecule has 2 aromatic rings. The highest BCUT2D eigenvalue weighted by atomic mass is 35.5. The maximum atomic E-state index is 12.2. The van der Waals surface area contributed by atoms with Crippen LogP contribution in [0, 0.1) is 5.92 Å². The van der Waals surface area contributed by atoms with E-state index in [9.17, 15) is 23.2 Å². The molecule has 1 aliphatic heterocycles. The molecule has 14 nitrogen and oxygen atoms in total. The molecule has 2 fully saturated rings. The molecule has 0 aromatic carbocycles. The van der Waals surface area contributed by atoms with Crippen LogP contribution >= 0.6 is 19.2 Å². The Balaban J connectivity index is 1.54. The molecule has 0 spiro atoms. The Bertz CT molecular complexity index is 1190. The zero-order chi connectivity index (χ0) is 24.1. The third-order valence-electron chi connectivity index (χ3n) is 5.50. The maximum Gasteiger partial charge on any atom is 0.341 e. The molecule has 1 saturated heterocycles. The number of rotatable bonds is 9. The van der Waals surface area contributed by atoms with Crippen molar-refractivity contribution in [3.8, 4) is 0 Å². The number of hydrogen-bond donors (Lipinski definition) is 5. The van der Waals surface area contributed by atoms with E-state index < -0.39 is 54.2 Å². The van der Waals surface area contributed by atoms with Gasteiger partial charge in [-0.3, -0.25) is 4.57 Å². The fourth-order valence-corrected chi connectivity index (χ4v) is 6.57. The van der Waals surface area contributed by atoms with Gasteiger partial charge in [0.1, 0.15) is 24.1 Å². The number of aliphatic hydroxyl groups excluding tert-OH is 2. The molecule has 4 atom stereocenters. The average molecular weight is 527 g/mol. The summed E-state index contributed by atoms with van der Waals surface area (Å²) in [6.07, 6.45) is -1.69. The van der Waals surface area contributed by atoms with E-state index in [2.05, 4.69) is 20.4 Å². The second kappa shape index (κ2) is 8.98. The molecular formula is C16H24ClN6O8PS. The van der Waals surface area contributed by atoms with E-state index in [0.29, 0.717) is 28.0 Å². The molecule has 2 aliphatic rings. The Morgan fingerprint density at radius 2 is 2.00 bits per heavy atom. The Morgan fingerprint density at radius 3 is 2.64 bits per heavy atom. The van der Waals surface area contributed by atoms with Crippen LogP contribution in [-0.2, 0) is 19.3 Å². The van der Waals surface area contributed by atoms with Crippen LogP contribution < -0.4 is 5.32 Å². The lowest BCUT2D eigenvalue weighted by molar-refractivity contribution is -0.0443. The van der Waals surface area contributed by atoms with Crippen molar-refractivity contribution in [3.05, 3.63) is 11.5 Å². The van der Waals surface area contributed by atoms with Crippen molar-refractivity contribution >= 4 is 46.1 Å². The van der Waals surface area contributed by atoms with E-state index in [1.165, 1.54) is 10.9 Å². The Hall–Kier alpha value is -1.42. The highest BCUT2D eigenvalue weighted by molar-refractivity contribution is 7.95. The van der Waals surface area contributed by atoms with Crippen LogP contribution in [-0.4, -0.2) is 96.4 Å². The predicted molar refractivity (Wildman–Crippen MR) is 116 cm³/mol. The number of halogens is 1. The monoisotopic (exact) mass is 526 g/mol. The van der Waals surface area contributed by atoms with Gasteiger partial charge in [-0.2, -0.15) is 15.1 Å². The fraction of sp³-hybridized carbons (Fsp3) is 0.688. The Kier molecular flexibility index (Phi) is 6.72. The van der Waals surface area contributed by atoms with Crippen molar-refractivity contribution in [2.45, 2.75) is 37.4 Å². The standard InChI is InChI=1S/C16H24ClN6O8PS/c1-22(33(29,30)7-32(26,27)28)6-10-11(24)12(25)15(31-10)23-14-9(5-19-23)13(20-16(17)21-14)18-4-8-2-3-8/h5,8,10-12,15,24-25H,2-4,6-7H2,1H3,(H,18,20,21)(H2,26,27,28)/t10-,11-,12-,15-/m1/s1. The average Bonchev–Trinajstić information content (AvgIpc) is 3.38. The summed E-state index contributed by atoms with van der Waals surface area (Å²) in [7, 11) is -8.09. The first kappa shape index (κ1) is 24.7. The molecule has 1 saturated carbocycles. The van der Waals surface area contributed by atoms with Gasteiger partial charge in [0.25, 0.3) is 0 Å². The highest BCUT2D eigenvalue weighted by Gasteiger charge is 2.46. The Morgan fingerprint density at radius 1 is 1.30 bits per heavy atom. The van der Waals surface area contributed by atoms with Crippen molar-refractivity contribution in [1.82, 2.24) is 24.1 Å². The fourth-order valence-electron chi connectivity index (χ4n) is 3.54. The van der Waals surface area contributed by atoms with Gasteiger partial charge in [0, 0.05) is 20.1 Å². The molecule has 0 bridgehead atoms. The first-order valence-corrected chi connectivity index (χ1v) is 13.8. The molecule has 0 amide bonds. The summed E-state index contributed by atoms with van der Waals surface area (Å²) in [5.74, 6) is 1.04. The first-order valence-electron chi connectivity index (χ1n) is 10.0. The number of likely N-dealkylation sites (N-methyl/N-ethyl adjacent to an activating group) is 1. The molecule has 17 heteroatoms. The zero-order valence-electron chi connectivity index (χ0n) is 17.4. The smallest absolute Gasteiger partial charge is 0.341 e. The van der Waals surface area contributed by atoms with Crippen LogP contribution in [0.5, 0.6) is 0 Å². The molecule has 2 aromatic heterocycles. The normalized spacial score (nSPS) is 26.4. The van der Waals surface area contributed by atoms with E-state index in [0.717, 1.165) is 19.9 Å². The summed E-state index contributed by atoms with van der Waals surface area (Å²) in [5, 5.41) is 28.9. The lowest BCUT2D eigenvalue weighted by Crippen LogP contribution is -2.41. The van der Waals surface area contributed by atoms with Gasteiger partial charge in [-0.05, 0) is 30.4 Å². The van der Waals surface area contributed by atoms with E-state index in [4.69, 9.17) is 26.1 Å². The molecule has 0 radical (unpaired) electrons. The summed E-state index contributed by atoms with van der Waals surface area (Å²) in [5.41, 5.74) is -1.14. The van der Waals surface area contributed by atoms with Crippen molar-refractivity contribution in [3.63, 3.8) is 0 Å². The summed E-state index contributed by atoms with van der Waals surface area (Å²) in [6, 6.07) is 0. The lowest BCUT2D eigenvalue weighted by Gasteiger charge is -2.22. The van der Waals surface area contributed by atoms with E-state index in [1.807, 2.05) is 0 Å². The largest absolute Gasteiger partial charge is 0.387 e. The second-order valence-electron chi connectivity index (χ2n) is 8.22. The van der Waals surface area contributed by atoms with Crippen molar-refractivity contribution in [1.29, 1.82) is 0 Å². The van der Waals surface area contributed by atoms with Crippen LogP contribution in [0.15, 0.2) is 6.20 Å². The minimum Gasteiger partial charge on any atom is -0.387 e. The third kappa shape index (κ3) is 5.47. The number of sulfonamides is 1. The SMILES string of the molecule is CN(C[C@H]1O[C@@H](n2ncc3c(NCC4CC4)nc(Cl)nc32)[C@H](O)[C@@H]1O)S(=O)(=O)CP(=O)(O)O. The van der Waals surface area contributed by atoms with Crippen molar-refractivity contribution in [2.75, 3.05) is 30.9 Å². The summed E-state index contributed by atoms with van der Waals surface area (Å²) >= 11 is 6.06. The van der Waals surface area contributed by atoms with Crippen LogP contribution in [0.2, 0.25) is 5.28 Å². The van der Waals surface area contributed by atoms with Crippen LogP contribution in [0.4, 0.5) is 5.82 Å². The Labute approximate surface area is 193 Å². The highest BCUT2D eigenvalue weighted by Crippen LogP contribution is 2.38. The molecule has 184 valence electrons. The van der Waals surface area contributed by atoms with Gasteiger partial charge in [-0.25, -0.2) is 17.4 Å². The minimum atomic E-state index is -4.84. The van der Waals surface area contributed by atoms with Crippen molar-refractivity contribution in [2.24, 2.45) is 5.92 Å². The van der Waals surface area contributed by atoms with E-state index in [-0.39, 0.29) is 10.9 Å². The van der Waals surface area contributed by atoms with Gasteiger partial charge < -0.3 is 30.1 Å².